The fourth-order valence-electron chi connectivity index (χ4n) is 2.73. The highest BCUT2D eigenvalue weighted by molar-refractivity contribution is 5.79. The quantitative estimate of drug-likeness (QED) is 0.790. The van der Waals surface area contributed by atoms with E-state index in [-0.39, 0.29) is 5.92 Å². The minimum atomic E-state index is -0.808. The molecule has 0 aromatic heterocycles. The predicted molar refractivity (Wildman–Crippen MR) is 67.5 cm³/mol. The third-order valence-corrected chi connectivity index (χ3v) is 4.29. The number of hydrogen-bond donors (Lipinski definition) is 2. The maximum Gasteiger partial charge on any atom is 0.315 e. The average molecular weight is 235 g/mol. The Morgan fingerprint density at radius 3 is 2.71 bits per heavy atom. The van der Waals surface area contributed by atoms with Crippen LogP contribution in [0.1, 0.15) is 39.5 Å². The van der Waals surface area contributed by atoms with Crippen molar-refractivity contribution in [3.05, 3.63) is 23.9 Å². The summed E-state index contributed by atoms with van der Waals surface area (Å²) in [4.78, 5) is 11.6. The zero-order valence-corrected chi connectivity index (χ0v) is 10.6. The van der Waals surface area contributed by atoms with E-state index in [0.717, 1.165) is 18.5 Å². The molecular formula is C14H21NO2. The summed E-state index contributed by atoms with van der Waals surface area (Å²) in [6.45, 7) is 3.78. The SMILES string of the molecule is CC1C=CC=C(NC2CCCC2)C1(C)C(=O)O. The molecule has 0 aromatic carbocycles. The van der Waals surface area contributed by atoms with Gasteiger partial charge >= 0.3 is 5.97 Å². The summed E-state index contributed by atoms with van der Waals surface area (Å²) in [5.41, 5.74) is 0.0593. The van der Waals surface area contributed by atoms with E-state index in [0.29, 0.717) is 6.04 Å². The van der Waals surface area contributed by atoms with Crippen molar-refractivity contribution in [3.8, 4) is 0 Å². The van der Waals surface area contributed by atoms with Crippen molar-refractivity contribution in [2.75, 3.05) is 0 Å². The van der Waals surface area contributed by atoms with Crippen molar-refractivity contribution in [1.82, 2.24) is 5.32 Å². The van der Waals surface area contributed by atoms with Crippen molar-refractivity contribution in [2.45, 2.75) is 45.6 Å². The molecule has 0 spiro atoms. The third-order valence-electron chi connectivity index (χ3n) is 4.29. The van der Waals surface area contributed by atoms with Crippen molar-refractivity contribution in [1.29, 1.82) is 0 Å². The Hall–Kier alpha value is -1.25. The lowest BCUT2D eigenvalue weighted by Gasteiger charge is -2.36. The van der Waals surface area contributed by atoms with E-state index in [2.05, 4.69) is 5.32 Å². The molecule has 2 N–H and O–H groups in total. The second-order valence-corrected chi connectivity index (χ2v) is 5.39. The fraction of sp³-hybridized carbons (Fsp3) is 0.643. The molecule has 0 aliphatic heterocycles. The summed E-state index contributed by atoms with van der Waals surface area (Å²) >= 11 is 0. The van der Waals surface area contributed by atoms with Crippen LogP contribution in [0.2, 0.25) is 0 Å². The number of hydrogen-bond acceptors (Lipinski definition) is 2. The molecule has 0 bridgehead atoms. The summed E-state index contributed by atoms with van der Waals surface area (Å²) in [5, 5.41) is 12.9. The standard InChI is InChI=1S/C14H21NO2/c1-10-6-5-9-12(14(10,2)13(16)17)15-11-7-3-4-8-11/h5-6,9-11,15H,3-4,7-8H2,1-2H3,(H,16,17). The number of rotatable bonds is 3. The zero-order valence-electron chi connectivity index (χ0n) is 10.6. The summed E-state index contributed by atoms with van der Waals surface area (Å²) in [6.07, 6.45) is 10.7. The van der Waals surface area contributed by atoms with Gasteiger partial charge in [-0.1, -0.05) is 31.9 Å². The van der Waals surface area contributed by atoms with Gasteiger partial charge in [0.15, 0.2) is 0 Å². The van der Waals surface area contributed by atoms with Crippen LogP contribution in [0.25, 0.3) is 0 Å². The van der Waals surface area contributed by atoms with E-state index in [1.54, 1.807) is 0 Å². The molecule has 1 fully saturated rings. The molecule has 3 nitrogen and oxygen atoms in total. The van der Waals surface area contributed by atoms with E-state index in [9.17, 15) is 9.90 Å². The zero-order chi connectivity index (χ0) is 12.5. The molecule has 0 amide bonds. The summed E-state index contributed by atoms with van der Waals surface area (Å²) in [6, 6.07) is 0.457. The van der Waals surface area contributed by atoms with E-state index in [1.807, 2.05) is 32.1 Å². The lowest BCUT2D eigenvalue weighted by molar-refractivity contribution is -0.147. The molecule has 0 radical (unpaired) electrons. The van der Waals surface area contributed by atoms with E-state index < -0.39 is 11.4 Å². The second-order valence-electron chi connectivity index (χ2n) is 5.39. The first-order valence-electron chi connectivity index (χ1n) is 6.44. The smallest absolute Gasteiger partial charge is 0.315 e. The Labute approximate surface area is 103 Å². The normalized spacial score (nSPS) is 33.5. The van der Waals surface area contributed by atoms with Crippen molar-refractivity contribution >= 4 is 5.97 Å². The topological polar surface area (TPSA) is 49.3 Å². The molecule has 0 saturated heterocycles. The molecular weight excluding hydrogens is 214 g/mol. The van der Waals surface area contributed by atoms with Gasteiger partial charge in [-0.3, -0.25) is 4.79 Å². The molecule has 2 unspecified atom stereocenters. The first kappa shape index (κ1) is 12.2. The Morgan fingerprint density at radius 2 is 2.12 bits per heavy atom. The Morgan fingerprint density at radius 1 is 1.47 bits per heavy atom. The molecule has 17 heavy (non-hydrogen) atoms. The van der Waals surface area contributed by atoms with Crippen LogP contribution in [-0.2, 0) is 4.79 Å². The minimum absolute atomic E-state index is 0.0221. The van der Waals surface area contributed by atoms with Crippen LogP contribution in [0.15, 0.2) is 23.9 Å². The number of carboxylic acid groups (broad SMARTS) is 1. The fourth-order valence-corrected chi connectivity index (χ4v) is 2.73. The van der Waals surface area contributed by atoms with Gasteiger partial charge in [-0.05, 0) is 31.8 Å². The van der Waals surface area contributed by atoms with Crippen molar-refractivity contribution < 1.29 is 9.90 Å². The summed E-state index contributed by atoms with van der Waals surface area (Å²) in [7, 11) is 0. The lowest BCUT2D eigenvalue weighted by atomic mass is 9.72. The van der Waals surface area contributed by atoms with Gasteiger partial charge in [-0.25, -0.2) is 0 Å². The van der Waals surface area contributed by atoms with Gasteiger partial charge in [0.25, 0.3) is 0 Å². The first-order chi connectivity index (χ1) is 8.05. The average Bonchev–Trinajstić information content (AvgIpc) is 2.77. The highest BCUT2D eigenvalue weighted by Crippen LogP contribution is 2.39. The van der Waals surface area contributed by atoms with Crippen molar-refractivity contribution in [2.24, 2.45) is 11.3 Å². The molecule has 94 valence electrons. The van der Waals surface area contributed by atoms with Gasteiger partial charge in [0, 0.05) is 11.7 Å². The number of carboxylic acids is 1. The highest BCUT2D eigenvalue weighted by Gasteiger charge is 2.43. The Kier molecular flexibility index (Phi) is 3.27. The monoisotopic (exact) mass is 235 g/mol. The van der Waals surface area contributed by atoms with Crippen LogP contribution >= 0.6 is 0 Å². The van der Waals surface area contributed by atoms with Gasteiger partial charge in [0.2, 0.25) is 0 Å². The molecule has 1 saturated carbocycles. The third kappa shape index (κ3) is 2.11. The summed E-state index contributed by atoms with van der Waals surface area (Å²) < 4.78 is 0. The lowest BCUT2D eigenvalue weighted by Crippen LogP contribution is -2.44. The maximum atomic E-state index is 11.6. The van der Waals surface area contributed by atoms with E-state index in [4.69, 9.17) is 0 Å². The minimum Gasteiger partial charge on any atom is -0.481 e. The largest absolute Gasteiger partial charge is 0.481 e. The van der Waals surface area contributed by atoms with Gasteiger partial charge in [0.05, 0.1) is 0 Å². The number of aliphatic carboxylic acids is 1. The molecule has 2 rings (SSSR count). The molecule has 2 atom stereocenters. The van der Waals surface area contributed by atoms with Gasteiger partial charge in [-0.15, -0.1) is 0 Å². The Balaban J connectivity index is 2.19. The molecule has 3 heteroatoms. The molecule has 0 heterocycles. The van der Waals surface area contributed by atoms with Crippen LogP contribution in [-0.4, -0.2) is 17.1 Å². The van der Waals surface area contributed by atoms with Crippen LogP contribution in [0.3, 0.4) is 0 Å². The summed E-state index contributed by atoms with van der Waals surface area (Å²) in [5.74, 6) is -0.722. The van der Waals surface area contributed by atoms with Crippen molar-refractivity contribution in [3.63, 3.8) is 0 Å². The van der Waals surface area contributed by atoms with Gasteiger partial charge < -0.3 is 10.4 Å². The Bertz CT molecular complexity index is 366. The molecule has 2 aliphatic rings. The van der Waals surface area contributed by atoms with Gasteiger partial charge in [-0.2, -0.15) is 0 Å². The van der Waals surface area contributed by atoms with E-state index >= 15 is 0 Å². The van der Waals surface area contributed by atoms with Crippen LogP contribution < -0.4 is 5.32 Å². The number of allylic oxidation sites excluding steroid dienone is 3. The first-order valence-corrected chi connectivity index (χ1v) is 6.44. The second kappa shape index (κ2) is 4.55. The number of carbonyl (C=O) groups is 1. The van der Waals surface area contributed by atoms with Crippen LogP contribution in [0.5, 0.6) is 0 Å². The number of nitrogens with one attached hydrogen (secondary N) is 1. The maximum absolute atomic E-state index is 11.6. The van der Waals surface area contributed by atoms with Crippen LogP contribution in [0.4, 0.5) is 0 Å². The highest BCUT2D eigenvalue weighted by atomic mass is 16.4. The van der Waals surface area contributed by atoms with E-state index in [1.165, 1.54) is 12.8 Å². The molecule has 2 aliphatic carbocycles. The van der Waals surface area contributed by atoms with Gasteiger partial charge in [0.1, 0.15) is 5.41 Å². The van der Waals surface area contributed by atoms with Crippen LogP contribution in [0, 0.1) is 11.3 Å². The predicted octanol–water partition coefficient (Wildman–Crippen LogP) is 2.70. The molecule has 0 aromatic rings.